The highest BCUT2D eigenvalue weighted by atomic mass is 16.4. The first kappa shape index (κ1) is 17.9. The summed E-state index contributed by atoms with van der Waals surface area (Å²) in [5.74, 6) is 0.406. The third-order valence-corrected chi connectivity index (χ3v) is 3.93. The van der Waals surface area contributed by atoms with Gasteiger partial charge in [-0.1, -0.05) is 6.07 Å². The highest BCUT2D eigenvalue weighted by Gasteiger charge is 2.26. The molecule has 2 amide bonds. The van der Waals surface area contributed by atoms with Gasteiger partial charge in [-0.05, 0) is 51.1 Å². The van der Waals surface area contributed by atoms with Gasteiger partial charge in [0.25, 0.3) is 0 Å². The van der Waals surface area contributed by atoms with Crippen LogP contribution in [0.5, 0.6) is 0 Å². The summed E-state index contributed by atoms with van der Waals surface area (Å²) in [7, 11) is 2.00. The Morgan fingerprint density at radius 1 is 1.33 bits per heavy atom. The SMILES string of the molecule is CC(C)N(C)c1cccc(NC(=O)NCC(C)(O)c2ccco2)c1. The molecule has 2 rings (SSSR count). The molecule has 0 saturated heterocycles. The minimum absolute atomic E-state index is 0.0396. The van der Waals surface area contributed by atoms with Crippen LogP contribution in [0.2, 0.25) is 0 Å². The van der Waals surface area contributed by atoms with Crippen LogP contribution in [-0.4, -0.2) is 30.8 Å². The number of benzene rings is 1. The van der Waals surface area contributed by atoms with Gasteiger partial charge in [0, 0.05) is 24.5 Å². The molecule has 1 aromatic heterocycles. The molecule has 0 radical (unpaired) electrons. The smallest absolute Gasteiger partial charge is 0.319 e. The van der Waals surface area contributed by atoms with E-state index in [0.717, 1.165) is 5.69 Å². The number of anilines is 2. The van der Waals surface area contributed by atoms with Crippen molar-refractivity contribution in [2.45, 2.75) is 32.4 Å². The Labute approximate surface area is 142 Å². The first-order valence-electron chi connectivity index (χ1n) is 7.94. The molecule has 2 aromatic rings. The molecule has 0 fully saturated rings. The van der Waals surface area contributed by atoms with Gasteiger partial charge in [0.1, 0.15) is 11.4 Å². The van der Waals surface area contributed by atoms with Crippen molar-refractivity contribution in [3.8, 4) is 0 Å². The number of amides is 2. The molecule has 0 aliphatic rings. The van der Waals surface area contributed by atoms with Gasteiger partial charge in [0.15, 0.2) is 0 Å². The summed E-state index contributed by atoms with van der Waals surface area (Å²) in [5.41, 5.74) is 0.445. The minimum Gasteiger partial charge on any atom is -0.466 e. The number of aliphatic hydroxyl groups is 1. The molecule has 0 bridgehead atoms. The van der Waals surface area contributed by atoms with Crippen LogP contribution >= 0.6 is 0 Å². The fraction of sp³-hybridized carbons (Fsp3) is 0.389. The lowest BCUT2D eigenvalue weighted by atomic mass is 10.0. The number of furan rings is 1. The third-order valence-electron chi connectivity index (χ3n) is 3.93. The van der Waals surface area contributed by atoms with E-state index in [1.54, 1.807) is 19.1 Å². The Kier molecular flexibility index (Phi) is 5.51. The number of nitrogens with zero attached hydrogens (tertiary/aromatic N) is 1. The van der Waals surface area contributed by atoms with Gasteiger partial charge in [-0.3, -0.25) is 0 Å². The van der Waals surface area contributed by atoms with Crippen LogP contribution in [0, 0.1) is 0 Å². The topological polar surface area (TPSA) is 77.7 Å². The van der Waals surface area contributed by atoms with E-state index in [1.807, 2.05) is 31.3 Å². The Morgan fingerprint density at radius 3 is 2.71 bits per heavy atom. The summed E-state index contributed by atoms with van der Waals surface area (Å²) in [6, 6.07) is 11.0. The fourth-order valence-electron chi connectivity index (χ4n) is 2.20. The molecule has 0 aliphatic heterocycles. The maximum Gasteiger partial charge on any atom is 0.319 e. The maximum absolute atomic E-state index is 12.1. The van der Waals surface area contributed by atoms with Crippen molar-refractivity contribution in [1.29, 1.82) is 0 Å². The van der Waals surface area contributed by atoms with Crippen LogP contribution in [0.3, 0.4) is 0 Å². The summed E-state index contributed by atoms with van der Waals surface area (Å²) in [4.78, 5) is 14.2. The van der Waals surface area contributed by atoms with Crippen LogP contribution in [0.15, 0.2) is 47.1 Å². The van der Waals surface area contributed by atoms with Crippen LogP contribution in [-0.2, 0) is 5.60 Å². The van der Waals surface area contributed by atoms with Crippen molar-refractivity contribution in [2.24, 2.45) is 0 Å². The number of urea groups is 1. The van der Waals surface area contributed by atoms with Gasteiger partial charge in [-0.15, -0.1) is 0 Å². The van der Waals surface area contributed by atoms with Crippen LogP contribution in [0.25, 0.3) is 0 Å². The second kappa shape index (κ2) is 7.40. The molecule has 0 aliphatic carbocycles. The average Bonchev–Trinajstić information content (AvgIpc) is 3.08. The van der Waals surface area contributed by atoms with Gasteiger partial charge in [0.05, 0.1) is 12.8 Å². The van der Waals surface area contributed by atoms with Crippen molar-refractivity contribution in [3.63, 3.8) is 0 Å². The summed E-state index contributed by atoms with van der Waals surface area (Å²) in [6.07, 6.45) is 1.49. The lowest BCUT2D eigenvalue weighted by Gasteiger charge is -2.24. The monoisotopic (exact) mass is 331 g/mol. The van der Waals surface area contributed by atoms with E-state index in [-0.39, 0.29) is 12.6 Å². The summed E-state index contributed by atoms with van der Waals surface area (Å²) < 4.78 is 5.19. The Hall–Kier alpha value is -2.47. The van der Waals surface area contributed by atoms with E-state index in [9.17, 15) is 9.90 Å². The molecule has 3 N–H and O–H groups in total. The number of nitrogens with one attached hydrogen (secondary N) is 2. The van der Waals surface area contributed by atoms with Crippen molar-refractivity contribution in [1.82, 2.24) is 5.32 Å². The van der Waals surface area contributed by atoms with E-state index in [1.165, 1.54) is 6.26 Å². The van der Waals surface area contributed by atoms with Crippen LogP contribution in [0.4, 0.5) is 16.2 Å². The lowest BCUT2D eigenvalue weighted by Crippen LogP contribution is -2.40. The van der Waals surface area contributed by atoms with Crippen molar-refractivity contribution in [2.75, 3.05) is 23.8 Å². The second-order valence-electron chi connectivity index (χ2n) is 6.31. The molecule has 6 nitrogen and oxygen atoms in total. The first-order chi connectivity index (χ1) is 11.3. The van der Waals surface area contributed by atoms with E-state index in [2.05, 4.69) is 29.4 Å². The molecule has 1 unspecified atom stereocenters. The Bertz CT molecular complexity index is 666. The lowest BCUT2D eigenvalue weighted by molar-refractivity contribution is 0.0372. The maximum atomic E-state index is 12.1. The standard InChI is InChI=1S/C18H25N3O3/c1-13(2)21(4)15-8-5-7-14(11-15)20-17(22)19-12-18(3,23)16-9-6-10-24-16/h5-11,13,23H,12H2,1-4H3,(H2,19,20,22). The second-order valence-corrected chi connectivity index (χ2v) is 6.31. The number of carbonyl (C=O) groups is 1. The average molecular weight is 331 g/mol. The van der Waals surface area contributed by atoms with Gasteiger partial charge < -0.3 is 25.1 Å². The predicted molar refractivity (Wildman–Crippen MR) is 95.3 cm³/mol. The molecule has 1 heterocycles. The van der Waals surface area contributed by atoms with Gasteiger partial charge >= 0.3 is 6.03 Å². The largest absolute Gasteiger partial charge is 0.466 e. The fourth-order valence-corrected chi connectivity index (χ4v) is 2.20. The number of carbonyl (C=O) groups excluding carboxylic acids is 1. The zero-order chi connectivity index (χ0) is 17.7. The van der Waals surface area contributed by atoms with E-state index < -0.39 is 5.60 Å². The highest BCUT2D eigenvalue weighted by molar-refractivity contribution is 5.89. The number of hydrogen-bond acceptors (Lipinski definition) is 4. The molecular weight excluding hydrogens is 306 g/mol. The first-order valence-corrected chi connectivity index (χ1v) is 7.94. The summed E-state index contributed by atoms with van der Waals surface area (Å²) in [6.45, 7) is 5.83. The van der Waals surface area contributed by atoms with E-state index in [4.69, 9.17) is 4.42 Å². The van der Waals surface area contributed by atoms with Crippen LogP contribution in [0.1, 0.15) is 26.5 Å². The molecule has 24 heavy (non-hydrogen) atoms. The van der Waals surface area contributed by atoms with E-state index >= 15 is 0 Å². The Balaban J connectivity index is 1.94. The molecule has 130 valence electrons. The van der Waals surface area contributed by atoms with Crippen LogP contribution < -0.4 is 15.5 Å². The highest BCUT2D eigenvalue weighted by Crippen LogP contribution is 2.21. The third kappa shape index (κ3) is 4.52. The quantitative estimate of drug-likeness (QED) is 0.760. The van der Waals surface area contributed by atoms with Gasteiger partial charge in [-0.25, -0.2) is 4.79 Å². The summed E-state index contributed by atoms with van der Waals surface area (Å²) in [5, 5.41) is 15.8. The zero-order valence-electron chi connectivity index (χ0n) is 14.5. The molecular formula is C18H25N3O3. The Morgan fingerprint density at radius 2 is 2.08 bits per heavy atom. The van der Waals surface area contributed by atoms with Crippen molar-refractivity contribution < 1.29 is 14.3 Å². The number of hydrogen-bond donors (Lipinski definition) is 3. The normalized spacial score (nSPS) is 13.4. The summed E-state index contributed by atoms with van der Waals surface area (Å²) >= 11 is 0. The molecule has 1 aromatic carbocycles. The van der Waals surface area contributed by atoms with Gasteiger partial charge in [0.2, 0.25) is 0 Å². The van der Waals surface area contributed by atoms with Crippen molar-refractivity contribution in [3.05, 3.63) is 48.4 Å². The zero-order valence-corrected chi connectivity index (χ0v) is 14.5. The number of rotatable bonds is 6. The van der Waals surface area contributed by atoms with E-state index in [0.29, 0.717) is 17.5 Å². The van der Waals surface area contributed by atoms with Crippen molar-refractivity contribution >= 4 is 17.4 Å². The molecule has 6 heteroatoms. The molecule has 1 atom stereocenters. The molecule has 0 spiro atoms. The minimum atomic E-state index is -1.26. The molecule has 0 saturated carbocycles. The van der Waals surface area contributed by atoms with Gasteiger partial charge in [-0.2, -0.15) is 0 Å². The predicted octanol–water partition coefficient (Wildman–Crippen LogP) is 3.15.